The average molecular weight is 278 g/mol. The number of aromatic amines is 1. The van der Waals surface area contributed by atoms with Gasteiger partial charge in [-0.05, 0) is 23.8 Å². The van der Waals surface area contributed by atoms with Crippen LogP contribution in [0.25, 0.3) is 0 Å². The number of carbonyl (C=O) groups is 1. The zero-order valence-electron chi connectivity index (χ0n) is 10.7. The van der Waals surface area contributed by atoms with Gasteiger partial charge in [0.2, 0.25) is 5.56 Å². The van der Waals surface area contributed by atoms with Gasteiger partial charge >= 0.3 is 0 Å². The predicted octanol–water partition coefficient (Wildman–Crippen LogP) is 1.93. The maximum atomic E-state index is 13.1. The van der Waals surface area contributed by atoms with Gasteiger partial charge < -0.3 is 9.88 Å². The van der Waals surface area contributed by atoms with Crippen molar-refractivity contribution in [3.63, 3.8) is 0 Å². The van der Waals surface area contributed by atoms with Gasteiger partial charge in [-0.25, -0.2) is 8.78 Å². The summed E-state index contributed by atoms with van der Waals surface area (Å²) in [4.78, 5) is 26.7. The van der Waals surface area contributed by atoms with Crippen molar-refractivity contribution in [2.24, 2.45) is 0 Å². The van der Waals surface area contributed by atoms with Crippen LogP contribution in [0.2, 0.25) is 0 Å². The standard InChI is InChI=1S/C14H12F2N2O2/c1-18(8-9-2-4-11(15)12(16)6-9)14(20)10-3-5-13(19)17-7-10/h2-7H,8H2,1H3,(H,17,19). The fraction of sp³-hybridized carbons (Fsp3) is 0.143. The molecular weight excluding hydrogens is 266 g/mol. The normalized spacial score (nSPS) is 10.3. The lowest BCUT2D eigenvalue weighted by atomic mass is 10.2. The molecule has 0 atom stereocenters. The van der Waals surface area contributed by atoms with Crippen molar-refractivity contribution in [2.75, 3.05) is 7.05 Å². The number of hydrogen-bond acceptors (Lipinski definition) is 2. The Morgan fingerprint density at radius 3 is 2.55 bits per heavy atom. The van der Waals surface area contributed by atoms with Crippen molar-refractivity contribution in [1.82, 2.24) is 9.88 Å². The van der Waals surface area contributed by atoms with E-state index in [-0.39, 0.29) is 18.0 Å². The Morgan fingerprint density at radius 2 is 1.95 bits per heavy atom. The number of rotatable bonds is 3. The molecule has 0 radical (unpaired) electrons. The average Bonchev–Trinajstić information content (AvgIpc) is 2.43. The summed E-state index contributed by atoms with van der Waals surface area (Å²) in [6.07, 6.45) is 1.31. The van der Waals surface area contributed by atoms with Crippen molar-refractivity contribution < 1.29 is 13.6 Å². The number of benzene rings is 1. The number of pyridine rings is 1. The molecule has 1 aromatic heterocycles. The topological polar surface area (TPSA) is 53.2 Å². The molecule has 0 fully saturated rings. The largest absolute Gasteiger partial charge is 0.337 e. The molecule has 6 heteroatoms. The first-order valence-electron chi connectivity index (χ1n) is 5.85. The van der Waals surface area contributed by atoms with Crippen LogP contribution in [0, 0.1) is 11.6 Å². The molecule has 1 amide bonds. The first-order valence-corrected chi connectivity index (χ1v) is 5.85. The van der Waals surface area contributed by atoms with Gasteiger partial charge in [0, 0.05) is 25.9 Å². The molecule has 4 nitrogen and oxygen atoms in total. The minimum Gasteiger partial charge on any atom is -0.337 e. The van der Waals surface area contributed by atoms with Crippen LogP contribution in [-0.2, 0) is 6.54 Å². The molecule has 2 aromatic rings. The Hall–Kier alpha value is -2.50. The minimum atomic E-state index is -0.951. The van der Waals surface area contributed by atoms with Gasteiger partial charge in [0.1, 0.15) is 0 Å². The highest BCUT2D eigenvalue weighted by molar-refractivity contribution is 5.93. The molecule has 1 heterocycles. The van der Waals surface area contributed by atoms with Crippen LogP contribution in [0.3, 0.4) is 0 Å². The molecule has 0 bridgehead atoms. The summed E-state index contributed by atoms with van der Waals surface area (Å²) in [6.45, 7) is 0.134. The second-order valence-corrected chi connectivity index (χ2v) is 4.35. The maximum Gasteiger partial charge on any atom is 0.255 e. The van der Waals surface area contributed by atoms with Gasteiger partial charge in [-0.3, -0.25) is 9.59 Å². The van der Waals surface area contributed by atoms with Crippen LogP contribution in [0.4, 0.5) is 8.78 Å². The van der Waals surface area contributed by atoms with Crippen molar-refractivity contribution in [3.05, 3.63) is 69.6 Å². The van der Waals surface area contributed by atoms with Crippen LogP contribution < -0.4 is 5.56 Å². The molecule has 0 aliphatic rings. The van der Waals surface area contributed by atoms with E-state index in [1.165, 1.54) is 36.3 Å². The van der Waals surface area contributed by atoms with Crippen LogP contribution in [0.5, 0.6) is 0 Å². The van der Waals surface area contributed by atoms with E-state index in [9.17, 15) is 18.4 Å². The van der Waals surface area contributed by atoms with E-state index in [0.29, 0.717) is 11.1 Å². The van der Waals surface area contributed by atoms with E-state index < -0.39 is 11.6 Å². The number of hydrogen-bond donors (Lipinski definition) is 1. The highest BCUT2D eigenvalue weighted by Gasteiger charge is 2.13. The third kappa shape index (κ3) is 3.09. The summed E-state index contributed by atoms with van der Waals surface area (Å²) in [6, 6.07) is 6.13. The Balaban J connectivity index is 2.12. The summed E-state index contributed by atoms with van der Waals surface area (Å²) < 4.78 is 25.9. The van der Waals surface area contributed by atoms with E-state index >= 15 is 0 Å². The summed E-state index contributed by atoms with van der Waals surface area (Å²) in [5, 5.41) is 0. The lowest BCUT2D eigenvalue weighted by Crippen LogP contribution is -2.26. The summed E-state index contributed by atoms with van der Waals surface area (Å²) in [5.41, 5.74) is 0.490. The smallest absolute Gasteiger partial charge is 0.255 e. The Labute approximate surface area is 113 Å². The van der Waals surface area contributed by atoms with Crippen molar-refractivity contribution in [3.8, 4) is 0 Å². The summed E-state index contributed by atoms with van der Waals surface area (Å²) >= 11 is 0. The number of carbonyl (C=O) groups excluding carboxylic acids is 1. The zero-order chi connectivity index (χ0) is 14.7. The quantitative estimate of drug-likeness (QED) is 0.932. The molecule has 104 valence electrons. The van der Waals surface area contributed by atoms with E-state index in [0.717, 1.165) is 12.1 Å². The predicted molar refractivity (Wildman–Crippen MR) is 69.2 cm³/mol. The molecule has 0 aliphatic carbocycles. The second-order valence-electron chi connectivity index (χ2n) is 4.35. The van der Waals surface area contributed by atoms with E-state index in [2.05, 4.69) is 4.98 Å². The Kier molecular flexibility index (Phi) is 3.93. The molecule has 0 saturated heterocycles. The molecule has 2 rings (SSSR count). The second kappa shape index (κ2) is 5.64. The van der Waals surface area contributed by atoms with Crippen LogP contribution >= 0.6 is 0 Å². The molecule has 0 unspecified atom stereocenters. The van der Waals surface area contributed by atoms with Crippen LogP contribution in [-0.4, -0.2) is 22.8 Å². The van der Waals surface area contributed by atoms with Gasteiger partial charge in [-0.2, -0.15) is 0 Å². The SMILES string of the molecule is CN(Cc1ccc(F)c(F)c1)C(=O)c1ccc(=O)[nH]c1. The van der Waals surface area contributed by atoms with Crippen LogP contribution in [0.1, 0.15) is 15.9 Å². The number of nitrogens with zero attached hydrogens (tertiary/aromatic N) is 1. The van der Waals surface area contributed by atoms with Crippen molar-refractivity contribution >= 4 is 5.91 Å². The first kappa shape index (κ1) is 13.9. The van der Waals surface area contributed by atoms with Gasteiger partial charge in [0.25, 0.3) is 5.91 Å². The summed E-state index contributed by atoms with van der Waals surface area (Å²) in [5.74, 6) is -2.21. The number of nitrogens with one attached hydrogen (secondary N) is 1. The third-order valence-corrected chi connectivity index (χ3v) is 2.78. The Morgan fingerprint density at radius 1 is 1.20 bits per heavy atom. The molecule has 20 heavy (non-hydrogen) atoms. The molecular formula is C14H12F2N2O2. The number of aromatic nitrogens is 1. The number of halogens is 2. The van der Waals surface area contributed by atoms with Crippen molar-refractivity contribution in [2.45, 2.75) is 6.54 Å². The van der Waals surface area contributed by atoms with E-state index in [4.69, 9.17) is 0 Å². The third-order valence-electron chi connectivity index (χ3n) is 2.78. The van der Waals surface area contributed by atoms with Crippen molar-refractivity contribution in [1.29, 1.82) is 0 Å². The summed E-state index contributed by atoms with van der Waals surface area (Å²) in [7, 11) is 1.54. The fourth-order valence-corrected chi connectivity index (χ4v) is 1.75. The monoisotopic (exact) mass is 278 g/mol. The zero-order valence-corrected chi connectivity index (χ0v) is 10.7. The van der Waals surface area contributed by atoms with E-state index in [1.807, 2.05) is 0 Å². The Bertz CT molecular complexity index is 677. The number of amides is 1. The minimum absolute atomic E-state index is 0.134. The maximum absolute atomic E-state index is 13.1. The van der Waals surface area contributed by atoms with Gasteiger partial charge in [0.15, 0.2) is 11.6 Å². The first-order chi connectivity index (χ1) is 9.47. The molecule has 0 aliphatic heterocycles. The van der Waals surface area contributed by atoms with Gasteiger partial charge in [-0.1, -0.05) is 6.07 Å². The van der Waals surface area contributed by atoms with E-state index in [1.54, 1.807) is 0 Å². The lowest BCUT2D eigenvalue weighted by molar-refractivity contribution is 0.0784. The fourth-order valence-electron chi connectivity index (χ4n) is 1.75. The molecule has 0 spiro atoms. The molecule has 0 saturated carbocycles. The van der Waals surface area contributed by atoms with Crippen LogP contribution in [0.15, 0.2) is 41.3 Å². The highest BCUT2D eigenvalue weighted by Crippen LogP contribution is 2.11. The molecule has 1 aromatic carbocycles. The molecule has 1 N–H and O–H groups in total. The van der Waals surface area contributed by atoms with Gasteiger partial charge in [0.05, 0.1) is 5.56 Å². The van der Waals surface area contributed by atoms with Gasteiger partial charge in [-0.15, -0.1) is 0 Å². The highest BCUT2D eigenvalue weighted by atomic mass is 19.2. The number of H-pyrrole nitrogens is 1. The lowest BCUT2D eigenvalue weighted by Gasteiger charge is -2.17.